The summed E-state index contributed by atoms with van der Waals surface area (Å²) in [6.45, 7) is 2.95. The monoisotopic (exact) mass is 389 g/mol. The fourth-order valence-electron chi connectivity index (χ4n) is 3.18. The van der Waals surface area contributed by atoms with Crippen LogP contribution in [0.5, 0.6) is 0 Å². The number of hydrogen-bond acceptors (Lipinski definition) is 6. The minimum Gasteiger partial charge on any atom is -0.339 e. The molecule has 0 amide bonds. The van der Waals surface area contributed by atoms with Gasteiger partial charge in [-0.1, -0.05) is 35.0 Å². The number of thiophene rings is 1. The molecule has 0 unspecified atom stereocenters. The summed E-state index contributed by atoms with van der Waals surface area (Å²) in [6.07, 6.45) is 1.36. The van der Waals surface area contributed by atoms with Crippen LogP contribution in [0.15, 0.2) is 50.5 Å². The Bertz CT molecular complexity index is 988. The number of benzene rings is 1. The number of nitrogens with zero attached hydrogens (tertiary/aromatic N) is 3. The van der Waals surface area contributed by atoms with Gasteiger partial charge >= 0.3 is 0 Å². The van der Waals surface area contributed by atoms with Gasteiger partial charge in [-0.2, -0.15) is 9.29 Å². The van der Waals surface area contributed by atoms with E-state index in [9.17, 15) is 8.42 Å². The highest BCUT2D eigenvalue weighted by molar-refractivity contribution is 7.91. The van der Waals surface area contributed by atoms with E-state index < -0.39 is 10.0 Å². The molecular formula is C18H19N3O3S2. The topological polar surface area (TPSA) is 76.3 Å². The second kappa shape index (κ2) is 6.94. The molecule has 4 rings (SSSR count). The molecule has 0 aliphatic carbocycles. The molecule has 1 aromatic carbocycles. The van der Waals surface area contributed by atoms with E-state index in [-0.39, 0.29) is 5.92 Å². The molecule has 2 aromatic heterocycles. The molecule has 1 aliphatic heterocycles. The van der Waals surface area contributed by atoms with Crippen molar-refractivity contribution in [3.05, 3.63) is 53.2 Å². The van der Waals surface area contributed by atoms with Gasteiger partial charge in [0.1, 0.15) is 4.21 Å². The van der Waals surface area contributed by atoms with Crippen LogP contribution in [0.4, 0.5) is 0 Å². The van der Waals surface area contributed by atoms with Crippen molar-refractivity contribution in [2.45, 2.75) is 29.9 Å². The average molecular weight is 390 g/mol. The van der Waals surface area contributed by atoms with Crippen molar-refractivity contribution in [2.75, 3.05) is 13.1 Å². The van der Waals surface area contributed by atoms with E-state index in [2.05, 4.69) is 10.1 Å². The van der Waals surface area contributed by atoms with Crippen LogP contribution in [-0.2, 0) is 10.0 Å². The molecule has 1 saturated heterocycles. The molecule has 3 aromatic rings. The predicted octanol–water partition coefficient (Wildman–Crippen LogP) is 3.67. The third-order valence-corrected chi connectivity index (χ3v) is 7.88. The molecule has 0 atom stereocenters. The Hall–Kier alpha value is -2.03. The molecule has 1 fully saturated rings. The van der Waals surface area contributed by atoms with E-state index in [4.69, 9.17) is 4.52 Å². The minimum atomic E-state index is -3.38. The molecule has 0 bridgehead atoms. The maximum atomic E-state index is 12.6. The molecule has 1 aliphatic rings. The van der Waals surface area contributed by atoms with Crippen LogP contribution >= 0.6 is 11.3 Å². The van der Waals surface area contributed by atoms with E-state index in [1.807, 2.05) is 31.2 Å². The lowest BCUT2D eigenvalue weighted by molar-refractivity contribution is 0.271. The van der Waals surface area contributed by atoms with Gasteiger partial charge in [-0.3, -0.25) is 0 Å². The highest BCUT2D eigenvalue weighted by atomic mass is 32.2. The quantitative estimate of drug-likeness (QED) is 0.680. The van der Waals surface area contributed by atoms with Crippen molar-refractivity contribution in [3.63, 3.8) is 0 Å². The molecule has 136 valence electrons. The Balaban J connectivity index is 1.46. The number of rotatable bonds is 4. The van der Waals surface area contributed by atoms with Gasteiger partial charge in [-0.25, -0.2) is 8.42 Å². The second-order valence-corrected chi connectivity index (χ2v) is 9.55. The van der Waals surface area contributed by atoms with Gasteiger partial charge in [0, 0.05) is 24.6 Å². The van der Waals surface area contributed by atoms with E-state index in [1.165, 1.54) is 11.3 Å². The van der Waals surface area contributed by atoms with E-state index in [1.54, 1.807) is 21.8 Å². The number of sulfonamides is 1. The number of aromatic nitrogens is 2. The molecule has 26 heavy (non-hydrogen) atoms. The summed E-state index contributed by atoms with van der Waals surface area (Å²) in [7, 11) is -3.38. The number of hydrogen-bond donors (Lipinski definition) is 0. The molecule has 8 heteroatoms. The van der Waals surface area contributed by atoms with Crippen LogP contribution in [0.1, 0.15) is 30.2 Å². The van der Waals surface area contributed by atoms with Crippen LogP contribution in [0.3, 0.4) is 0 Å². The first-order valence-electron chi connectivity index (χ1n) is 8.48. The summed E-state index contributed by atoms with van der Waals surface area (Å²) < 4.78 is 32.6. The summed E-state index contributed by atoms with van der Waals surface area (Å²) in [5.41, 5.74) is 2.07. The number of aryl methyl sites for hydroxylation is 1. The zero-order valence-corrected chi connectivity index (χ0v) is 16.0. The summed E-state index contributed by atoms with van der Waals surface area (Å²) in [5.74, 6) is 1.27. The third-order valence-electron chi connectivity index (χ3n) is 4.61. The first-order chi connectivity index (χ1) is 12.5. The van der Waals surface area contributed by atoms with Crippen LogP contribution in [0.25, 0.3) is 11.4 Å². The maximum absolute atomic E-state index is 12.6. The van der Waals surface area contributed by atoms with Crippen molar-refractivity contribution in [1.29, 1.82) is 0 Å². The van der Waals surface area contributed by atoms with Gasteiger partial charge in [-0.05, 0) is 37.3 Å². The molecular weight excluding hydrogens is 370 g/mol. The van der Waals surface area contributed by atoms with Gasteiger partial charge in [0.25, 0.3) is 10.0 Å². The summed E-state index contributed by atoms with van der Waals surface area (Å²) >= 11 is 1.25. The van der Waals surface area contributed by atoms with E-state index in [0.717, 1.165) is 11.1 Å². The highest BCUT2D eigenvalue weighted by Crippen LogP contribution is 2.32. The highest BCUT2D eigenvalue weighted by Gasteiger charge is 2.32. The summed E-state index contributed by atoms with van der Waals surface area (Å²) in [6, 6.07) is 11.4. The van der Waals surface area contributed by atoms with Crippen molar-refractivity contribution >= 4 is 21.4 Å². The third kappa shape index (κ3) is 3.32. The molecule has 0 radical (unpaired) electrons. The van der Waals surface area contributed by atoms with Crippen LogP contribution < -0.4 is 0 Å². The molecule has 0 N–H and O–H groups in total. The Kier molecular flexibility index (Phi) is 4.64. The largest absolute Gasteiger partial charge is 0.339 e. The van der Waals surface area contributed by atoms with Crippen molar-refractivity contribution < 1.29 is 12.9 Å². The predicted molar refractivity (Wildman–Crippen MR) is 99.5 cm³/mol. The van der Waals surface area contributed by atoms with Crippen LogP contribution in [-0.4, -0.2) is 36.0 Å². The maximum Gasteiger partial charge on any atom is 0.252 e. The standard InChI is InChI=1S/C18H19N3O3S2/c1-13-4-2-5-15(12-13)17-19-18(24-20-17)14-7-9-21(10-8-14)26(22,23)16-6-3-11-25-16/h2-6,11-12,14H,7-10H2,1H3. The molecule has 3 heterocycles. The molecule has 0 saturated carbocycles. The van der Waals surface area contributed by atoms with E-state index in [0.29, 0.717) is 41.9 Å². The Morgan fingerprint density at radius 3 is 2.69 bits per heavy atom. The first kappa shape index (κ1) is 17.4. The summed E-state index contributed by atoms with van der Waals surface area (Å²) in [4.78, 5) is 4.54. The lowest BCUT2D eigenvalue weighted by Crippen LogP contribution is -2.37. The first-order valence-corrected chi connectivity index (χ1v) is 10.8. The Morgan fingerprint density at radius 1 is 1.19 bits per heavy atom. The average Bonchev–Trinajstić information content (AvgIpc) is 3.34. The van der Waals surface area contributed by atoms with Crippen molar-refractivity contribution in [3.8, 4) is 11.4 Å². The Labute approximate surface area is 156 Å². The second-order valence-electron chi connectivity index (χ2n) is 6.44. The fraction of sp³-hybridized carbons (Fsp3) is 0.333. The SMILES string of the molecule is Cc1cccc(-c2noc(C3CCN(S(=O)(=O)c4cccs4)CC3)n2)c1. The number of piperidine rings is 1. The minimum absolute atomic E-state index is 0.0934. The van der Waals surface area contributed by atoms with Gasteiger partial charge in [0.2, 0.25) is 11.7 Å². The van der Waals surface area contributed by atoms with Crippen LogP contribution in [0.2, 0.25) is 0 Å². The molecule has 0 spiro atoms. The van der Waals surface area contributed by atoms with Gasteiger partial charge in [0.05, 0.1) is 0 Å². The Morgan fingerprint density at radius 2 is 2.00 bits per heavy atom. The lowest BCUT2D eigenvalue weighted by Gasteiger charge is -2.29. The van der Waals surface area contributed by atoms with Crippen LogP contribution in [0, 0.1) is 6.92 Å². The van der Waals surface area contributed by atoms with E-state index >= 15 is 0 Å². The van der Waals surface area contributed by atoms with Gasteiger partial charge in [-0.15, -0.1) is 11.3 Å². The zero-order valence-electron chi connectivity index (χ0n) is 14.3. The van der Waals surface area contributed by atoms with Gasteiger partial charge in [0.15, 0.2) is 0 Å². The molecule has 6 nitrogen and oxygen atoms in total. The van der Waals surface area contributed by atoms with Crippen molar-refractivity contribution in [1.82, 2.24) is 14.4 Å². The van der Waals surface area contributed by atoms with Gasteiger partial charge < -0.3 is 4.52 Å². The normalized spacial score (nSPS) is 16.8. The fourth-order valence-corrected chi connectivity index (χ4v) is 5.80. The zero-order chi connectivity index (χ0) is 18.1. The summed E-state index contributed by atoms with van der Waals surface area (Å²) in [5, 5.41) is 5.88. The smallest absolute Gasteiger partial charge is 0.252 e. The lowest BCUT2D eigenvalue weighted by atomic mass is 9.98. The van der Waals surface area contributed by atoms with Crippen molar-refractivity contribution in [2.24, 2.45) is 0 Å².